The Hall–Kier alpha value is -1.89. The van der Waals surface area contributed by atoms with Crippen LogP contribution in [0.3, 0.4) is 0 Å². The Balaban J connectivity index is 3.22. The second-order valence-corrected chi connectivity index (χ2v) is 4.00. The molecule has 0 saturated carbocycles. The molecule has 0 bridgehead atoms. The summed E-state index contributed by atoms with van der Waals surface area (Å²) in [6.45, 7) is 1.69. The van der Waals surface area contributed by atoms with Crippen LogP contribution in [-0.2, 0) is 17.8 Å². The fourth-order valence-electron chi connectivity index (χ4n) is 1.59. The molecule has 4 N–H and O–H groups in total. The minimum atomic E-state index is -0.674. The third kappa shape index (κ3) is 3.07. The van der Waals surface area contributed by atoms with E-state index in [1.807, 2.05) is 6.92 Å². The van der Waals surface area contributed by atoms with Crippen molar-refractivity contribution >= 4 is 11.6 Å². The Bertz CT molecular complexity index is 544. The summed E-state index contributed by atoms with van der Waals surface area (Å²) in [7, 11) is 0. The maximum absolute atomic E-state index is 11.6. The summed E-state index contributed by atoms with van der Waals surface area (Å²) in [5, 5.41) is 8.67. The van der Waals surface area contributed by atoms with Crippen molar-refractivity contribution in [3.63, 3.8) is 0 Å². The van der Waals surface area contributed by atoms with Gasteiger partial charge < -0.3 is 10.8 Å². The second kappa shape index (κ2) is 6.15. The molecule has 1 heterocycles. The van der Waals surface area contributed by atoms with Gasteiger partial charge in [-0.3, -0.25) is 19.1 Å². The van der Waals surface area contributed by atoms with Crippen molar-refractivity contribution in [3.05, 3.63) is 26.4 Å². The summed E-state index contributed by atoms with van der Waals surface area (Å²) in [5.74, 6) is -0.521. The number of unbranched alkanes of at least 4 members (excludes halogenated alkanes) is 1. The van der Waals surface area contributed by atoms with Gasteiger partial charge in [0, 0.05) is 13.0 Å². The molecule has 0 aromatic carbocycles. The van der Waals surface area contributed by atoms with Crippen molar-refractivity contribution in [2.75, 3.05) is 12.3 Å². The molecule has 1 rings (SSSR count). The standard InChI is InChI=1S/C11H17N3O4/c1-2-3-4-14-9(12)8(5-7(16)6-15)10(17)13-11(14)18/h15H,2-6,12H2,1H3,(H,13,17,18). The van der Waals surface area contributed by atoms with E-state index in [2.05, 4.69) is 4.98 Å². The van der Waals surface area contributed by atoms with E-state index in [1.165, 1.54) is 4.57 Å². The van der Waals surface area contributed by atoms with Crippen LogP contribution in [0, 0.1) is 0 Å². The van der Waals surface area contributed by atoms with Crippen LogP contribution in [0.25, 0.3) is 0 Å². The van der Waals surface area contributed by atoms with E-state index in [4.69, 9.17) is 10.8 Å². The quantitative estimate of drug-likeness (QED) is 0.604. The Morgan fingerprint density at radius 2 is 2.11 bits per heavy atom. The summed E-state index contributed by atoms with van der Waals surface area (Å²) in [4.78, 5) is 36.4. The first kappa shape index (κ1) is 14.2. The van der Waals surface area contributed by atoms with E-state index >= 15 is 0 Å². The number of hydrogen-bond donors (Lipinski definition) is 3. The van der Waals surface area contributed by atoms with E-state index in [9.17, 15) is 14.4 Å². The maximum Gasteiger partial charge on any atom is 0.329 e. The van der Waals surface area contributed by atoms with Crippen molar-refractivity contribution < 1.29 is 9.90 Å². The van der Waals surface area contributed by atoms with Gasteiger partial charge in [-0.1, -0.05) is 13.3 Å². The van der Waals surface area contributed by atoms with E-state index < -0.39 is 23.6 Å². The van der Waals surface area contributed by atoms with Gasteiger partial charge in [-0.05, 0) is 6.42 Å². The number of aromatic nitrogens is 2. The van der Waals surface area contributed by atoms with Gasteiger partial charge in [0.1, 0.15) is 12.4 Å². The zero-order valence-corrected chi connectivity index (χ0v) is 10.2. The predicted molar refractivity (Wildman–Crippen MR) is 66.4 cm³/mol. The number of anilines is 1. The lowest BCUT2D eigenvalue weighted by Crippen LogP contribution is -2.35. The molecule has 0 atom stereocenters. The smallest absolute Gasteiger partial charge is 0.329 e. The first-order chi connectivity index (χ1) is 8.51. The Morgan fingerprint density at radius 1 is 1.44 bits per heavy atom. The number of nitrogens with one attached hydrogen (secondary N) is 1. The van der Waals surface area contributed by atoms with Gasteiger partial charge in [-0.2, -0.15) is 0 Å². The molecular formula is C11H17N3O4. The van der Waals surface area contributed by atoms with Crippen molar-refractivity contribution in [3.8, 4) is 0 Å². The van der Waals surface area contributed by atoms with Gasteiger partial charge in [-0.15, -0.1) is 0 Å². The summed E-state index contributed by atoms with van der Waals surface area (Å²) >= 11 is 0. The highest BCUT2D eigenvalue weighted by molar-refractivity contribution is 5.82. The molecule has 0 amide bonds. The highest BCUT2D eigenvalue weighted by atomic mass is 16.3. The van der Waals surface area contributed by atoms with E-state index in [0.29, 0.717) is 6.54 Å². The van der Waals surface area contributed by atoms with E-state index in [1.54, 1.807) is 0 Å². The summed E-state index contributed by atoms with van der Waals surface area (Å²) < 4.78 is 1.24. The van der Waals surface area contributed by atoms with Crippen molar-refractivity contribution in [1.29, 1.82) is 0 Å². The normalized spacial score (nSPS) is 10.6. The molecule has 100 valence electrons. The SMILES string of the molecule is CCCCn1c(N)c(CC(=O)CO)c(=O)[nH]c1=O. The number of ketones is 1. The largest absolute Gasteiger partial charge is 0.389 e. The van der Waals surface area contributed by atoms with Crippen molar-refractivity contribution in [2.24, 2.45) is 0 Å². The Kier molecular flexibility index (Phi) is 4.85. The molecule has 1 aromatic heterocycles. The van der Waals surface area contributed by atoms with Crippen LogP contribution in [0.1, 0.15) is 25.3 Å². The van der Waals surface area contributed by atoms with Crippen molar-refractivity contribution in [2.45, 2.75) is 32.7 Å². The fraction of sp³-hybridized carbons (Fsp3) is 0.545. The van der Waals surface area contributed by atoms with Gasteiger partial charge in [0.05, 0.1) is 5.56 Å². The molecule has 0 fully saturated rings. The van der Waals surface area contributed by atoms with Crippen LogP contribution in [-0.4, -0.2) is 27.0 Å². The van der Waals surface area contributed by atoms with E-state index in [-0.39, 0.29) is 17.8 Å². The van der Waals surface area contributed by atoms with Crippen LogP contribution in [0.2, 0.25) is 0 Å². The Labute approximate surface area is 103 Å². The third-order valence-corrected chi connectivity index (χ3v) is 2.63. The number of nitrogen functional groups attached to an aromatic ring is 1. The van der Waals surface area contributed by atoms with Gasteiger partial charge in [0.2, 0.25) is 0 Å². The number of rotatable bonds is 6. The zero-order chi connectivity index (χ0) is 13.7. The number of nitrogens with two attached hydrogens (primary N) is 1. The monoisotopic (exact) mass is 255 g/mol. The first-order valence-electron chi connectivity index (χ1n) is 5.75. The van der Waals surface area contributed by atoms with Crippen LogP contribution >= 0.6 is 0 Å². The molecule has 18 heavy (non-hydrogen) atoms. The van der Waals surface area contributed by atoms with Crippen LogP contribution < -0.4 is 17.0 Å². The van der Waals surface area contributed by atoms with Crippen LogP contribution in [0.4, 0.5) is 5.82 Å². The molecule has 0 spiro atoms. The molecule has 7 heteroatoms. The second-order valence-electron chi connectivity index (χ2n) is 4.00. The fourth-order valence-corrected chi connectivity index (χ4v) is 1.59. The van der Waals surface area contributed by atoms with Gasteiger partial charge >= 0.3 is 5.69 Å². The predicted octanol–water partition coefficient (Wildman–Crippen LogP) is -0.977. The molecule has 7 nitrogen and oxygen atoms in total. The Morgan fingerprint density at radius 3 is 2.67 bits per heavy atom. The molecule has 0 radical (unpaired) electrons. The van der Waals surface area contributed by atoms with Crippen LogP contribution in [0.5, 0.6) is 0 Å². The van der Waals surface area contributed by atoms with Gasteiger partial charge in [0.15, 0.2) is 5.78 Å². The molecular weight excluding hydrogens is 238 g/mol. The number of carbonyl (C=O) groups excluding carboxylic acids is 1. The summed E-state index contributed by atoms with van der Waals surface area (Å²) in [6, 6.07) is 0. The molecule has 1 aromatic rings. The van der Waals surface area contributed by atoms with E-state index in [0.717, 1.165) is 12.8 Å². The number of aliphatic hydroxyl groups is 1. The molecule has 0 aliphatic heterocycles. The van der Waals surface area contributed by atoms with Gasteiger partial charge in [0.25, 0.3) is 5.56 Å². The van der Waals surface area contributed by atoms with Gasteiger partial charge in [-0.25, -0.2) is 4.79 Å². The minimum Gasteiger partial charge on any atom is -0.389 e. The number of H-pyrrole nitrogens is 1. The average Bonchev–Trinajstić information content (AvgIpc) is 2.33. The number of nitrogens with zero attached hydrogens (tertiary/aromatic N) is 1. The zero-order valence-electron chi connectivity index (χ0n) is 10.2. The van der Waals surface area contributed by atoms with Crippen molar-refractivity contribution in [1.82, 2.24) is 9.55 Å². The topological polar surface area (TPSA) is 118 Å². The number of aliphatic hydroxyl groups excluding tert-OH is 1. The first-order valence-corrected chi connectivity index (χ1v) is 5.75. The highest BCUT2D eigenvalue weighted by Gasteiger charge is 2.14. The lowest BCUT2D eigenvalue weighted by molar-refractivity contribution is -0.121. The highest BCUT2D eigenvalue weighted by Crippen LogP contribution is 2.06. The number of aromatic amines is 1. The summed E-state index contributed by atoms with van der Waals surface area (Å²) in [6.07, 6.45) is 1.34. The number of carbonyl (C=O) groups is 1. The van der Waals surface area contributed by atoms with Crippen LogP contribution in [0.15, 0.2) is 9.59 Å². The molecule has 0 unspecified atom stereocenters. The molecule has 0 aliphatic rings. The lowest BCUT2D eigenvalue weighted by Gasteiger charge is -2.11. The summed E-state index contributed by atoms with van der Waals surface area (Å²) in [5.41, 5.74) is 4.52. The lowest BCUT2D eigenvalue weighted by atomic mass is 10.1. The molecule has 0 aliphatic carbocycles. The molecule has 0 saturated heterocycles. The maximum atomic E-state index is 11.6. The minimum absolute atomic E-state index is 0.000926. The number of Topliss-reactive ketones (excluding diaryl/α,β-unsaturated/α-hetero) is 1. The average molecular weight is 255 g/mol. The number of hydrogen-bond acceptors (Lipinski definition) is 5. The third-order valence-electron chi connectivity index (χ3n) is 2.63.